The van der Waals surface area contributed by atoms with Crippen molar-refractivity contribution in [3.05, 3.63) is 47.5 Å². The third kappa shape index (κ3) is 3.90. The van der Waals surface area contributed by atoms with Crippen molar-refractivity contribution in [2.75, 3.05) is 0 Å². The molecule has 0 bridgehead atoms. The van der Waals surface area contributed by atoms with Gasteiger partial charge in [0.05, 0.1) is 0 Å². The van der Waals surface area contributed by atoms with Gasteiger partial charge in [-0.2, -0.15) is 0 Å². The van der Waals surface area contributed by atoms with E-state index in [0.717, 1.165) is 0 Å². The van der Waals surface area contributed by atoms with Crippen LogP contribution >= 0.6 is 0 Å². The number of carboxylic acid groups (broad SMARTS) is 2. The highest BCUT2D eigenvalue weighted by atomic mass is 16.4. The van der Waals surface area contributed by atoms with E-state index >= 15 is 0 Å². The Labute approximate surface area is 97.0 Å². The zero-order valence-corrected chi connectivity index (χ0v) is 8.79. The molecule has 1 aromatic carbocycles. The van der Waals surface area contributed by atoms with Gasteiger partial charge in [-0.05, 0) is 5.56 Å². The van der Waals surface area contributed by atoms with Gasteiger partial charge in [0.25, 0.3) is 5.78 Å². The van der Waals surface area contributed by atoms with Crippen LogP contribution in [0, 0.1) is 0 Å². The van der Waals surface area contributed by atoms with Gasteiger partial charge in [0.1, 0.15) is 0 Å². The molecule has 0 unspecified atom stereocenters. The molecule has 0 heterocycles. The van der Waals surface area contributed by atoms with Crippen molar-refractivity contribution >= 4 is 17.7 Å². The van der Waals surface area contributed by atoms with E-state index in [1.807, 2.05) is 0 Å². The summed E-state index contributed by atoms with van der Waals surface area (Å²) in [6.07, 6.45) is 0.613. The topological polar surface area (TPSA) is 91.7 Å². The first-order valence-electron chi connectivity index (χ1n) is 4.75. The summed E-state index contributed by atoms with van der Waals surface area (Å²) < 4.78 is 0. The Morgan fingerprint density at radius 1 is 1.06 bits per heavy atom. The normalized spacial score (nSPS) is 10.9. The average molecular weight is 234 g/mol. The Morgan fingerprint density at radius 3 is 2.12 bits per heavy atom. The molecule has 5 heteroatoms. The third-order valence-electron chi connectivity index (χ3n) is 2.02. The molecule has 0 amide bonds. The molecule has 0 aliphatic carbocycles. The van der Waals surface area contributed by atoms with E-state index in [2.05, 4.69) is 0 Å². The van der Waals surface area contributed by atoms with Gasteiger partial charge in [0.2, 0.25) is 0 Å². The molecule has 0 aliphatic heterocycles. The molecule has 0 fully saturated rings. The summed E-state index contributed by atoms with van der Waals surface area (Å²) in [7, 11) is 0. The lowest BCUT2D eigenvalue weighted by molar-refractivity contribution is -0.147. The number of carbonyl (C=O) groups is 3. The van der Waals surface area contributed by atoms with Gasteiger partial charge in [-0.25, -0.2) is 9.59 Å². The Kier molecular flexibility index (Phi) is 4.16. The highest BCUT2D eigenvalue weighted by Gasteiger charge is 2.19. The van der Waals surface area contributed by atoms with Gasteiger partial charge in [-0.3, -0.25) is 4.79 Å². The van der Waals surface area contributed by atoms with Crippen molar-refractivity contribution in [3.63, 3.8) is 0 Å². The number of hydrogen-bond donors (Lipinski definition) is 2. The first-order valence-corrected chi connectivity index (χ1v) is 4.75. The Balaban J connectivity index is 2.97. The minimum Gasteiger partial charge on any atom is -0.478 e. The quantitative estimate of drug-likeness (QED) is 0.583. The molecule has 0 aromatic heterocycles. The highest BCUT2D eigenvalue weighted by Crippen LogP contribution is 2.09. The molecule has 0 spiro atoms. The highest BCUT2D eigenvalue weighted by molar-refractivity contribution is 6.40. The van der Waals surface area contributed by atoms with Crippen LogP contribution in [-0.2, 0) is 20.8 Å². The molecular weight excluding hydrogens is 224 g/mol. The van der Waals surface area contributed by atoms with Crippen molar-refractivity contribution < 1.29 is 24.6 Å². The van der Waals surface area contributed by atoms with Crippen LogP contribution in [0.5, 0.6) is 0 Å². The largest absolute Gasteiger partial charge is 0.478 e. The molecule has 2 N–H and O–H groups in total. The van der Waals surface area contributed by atoms with E-state index in [-0.39, 0.29) is 12.0 Å². The van der Waals surface area contributed by atoms with E-state index < -0.39 is 17.7 Å². The van der Waals surface area contributed by atoms with Crippen LogP contribution in [-0.4, -0.2) is 27.9 Å². The maximum atomic E-state index is 11.3. The second-order valence-corrected chi connectivity index (χ2v) is 3.30. The fourth-order valence-electron chi connectivity index (χ4n) is 1.30. The van der Waals surface area contributed by atoms with Gasteiger partial charge >= 0.3 is 11.9 Å². The van der Waals surface area contributed by atoms with Crippen molar-refractivity contribution in [3.8, 4) is 0 Å². The summed E-state index contributed by atoms with van der Waals surface area (Å²) >= 11 is 0. The Bertz CT molecular complexity index is 473. The fraction of sp³-hybridized carbons (Fsp3) is 0.0833. The van der Waals surface area contributed by atoms with Crippen LogP contribution < -0.4 is 0 Å². The van der Waals surface area contributed by atoms with Crippen LogP contribution in [0.25, 0.3) is 0 Å². The fourth-order valence-corrected chi connectivity index (χ4v) is 1.30. The Morgan fingerprint density at radius 2 is 1.65 bits per heavy atom. The predicted molar refractivity (Wildman–Crippen MR) is 58.5 cm³/mol. The number of aliphatic carboxylic acids is 2. The molecule has 0 atom stereocenters. The molecule has 1 aromatic rings. The molecule has 0 saturated carbocycles. The lowest BCUT2D eigenvalue weighted by atomic mass is 10.0. The molecule has 0 saturated heterocycles. The van der Waals surface area contributed by atoms with Crippen LogP contribution in [0.1, 0.15) is 5.56 Å². The SMILES string of the molecule is O=C(O)C=C(Cc1ccccc1)C(=O)C(=O)O. The third-order valence-corrected chi connectivity index (χ3v) is 2.02. The maximum absolute atomic E-state index is 11.3. The lowest BCUT2D eigenvalue weighted by Gasteiger charge is -2.02. The number of Topliss-reactive ketones (excluding diaryl/α,β-unsaturated/α-hetero) is 1. The van der Waals surface area contributed by atoms with Gasteiger partial charge in [-0.15, -0.1) is 0 Å². The summed E-state index contributed by atoms with van der Waals surface area (Å²) in [6, 6.07) is 8.58. The summed E-state index contributed by atoms with van der Waals surface area (Å²) in [4.78, 5) is 32.3. The lowest BCUT2D eigenvalue weighted by Crippen LogP contribution is -2.17. The smallest absolute Gasteiger partial charge is 0.376 e. The van der Waals surface area contributed by atoms with Gasteiger partial charge in [0.15, 0.2) is 0 Å². The zero-order valence-electron chi connectivity index (χ0n) is 8.79. The second-order valence-electron chi connectivity index (χ2n) is 3.30. The summed E-state index contributed by atoms with van der Waals surface area (Å²) in [6.45, 7) is 0. The van der Waals surface area contributed by atoms with E-state index in [1.165, 1.54) is 0 Å². The summed E-state index contributed by atoms with van der Waals surface area (Å²) in [5, 5.41) is 17.1. The van der Waals surface area contributed by atoms with E-state index in [4.69, 9.17) is 10.2 Å². The number of benzene rings is 1. The van der Waals surface area contributed by atoms with E-state index in [9.17, 15) is 14.4 Å². The molecule has 88 valence electrons. The van der Waals surface area contributed by atoms with Crippen LogP contribution in [0.3, 0.4) is 0 Å². The zero-order chi connectivity index (χ0) is 12.8. The maximum Gasteiger partial charge on any atom is 0.376 e. The van der Waals surface area contributed by atoms with Crippen molar-refractivity contribution in [2.45, 2.75) is 6.42 Å². The van der Waals surface area contributed by atoms with E-state index in [1.54, 1.807) is 30.3 Å². The monoisotopic (exact) mass is 234 g/mol. The predicted octanol–water partition coefficient (Wildman–Crippen LogP) is 0.894. The molecule has 5 nitrogen and oxygen atoms in total. The van der Waals surface area contributed by atoms with Gasteiger partial charge in [0, 0.05) is 18.1 Å². The molecule has 1 rings (SSSR count). The molecule has 17 heavy (non-hydrogen) atoms. The summed E-state index contributed by atoms with van der Waals surface area (Å²) in [5.74, 6) is -4.20. The molecule has 0 radical (unpaired) electrons. The van der Waals surface area contributed by atoms with Crippen molar-refractivity contribution in [1.29, 1.82) is 0 Å². The van der Waals surface area contributed by atoms with Crippen molar-refractivity contribution in [1.82, 2.24) is 0 Å². The van der Waals surface area contributed by atoms with Crippen LogP contribution in [0.15, 0.2) is 42.0 Å². The number of rotatable bonds is 5. The summed E-state index contributed by atoms with van der Waals surface area (Å²) in [5.41, 5.74) is 0.422. The first-order chi connectivity index (χ1) is 8.00. The van der Waals surface area contributed by atoms with Crippen molar-refractivity contribution in [2.24, 2.45) is 0 Å². The average Bonchev–Trinajstić information content (AvgIpc) is 2.28. The molecular formula is C12H10O5. The number of ketones is 1. The van der Waals surface area contributed by atoms with Crippen LogP contribution in [0.4, 0.5) is 0 Å². The van der Waals surface area contributed by atoms with E-state index in [0.29, 0.717) is 11.6 Å². The van der Waals surface area contributed by atoms with Gasteiger partial charge < -0.3 is 10.2 Å². The Hall–Kier alpha value is -2.43. The number of hydrogen-bond acceptors (Lipinski definition) is 3. The number of carbonyl (C=O) groups excluding carboxylic acids is 1. The van der Waals surface area contributed by atoms with Gasteiger partial charge in [-0.1, -0.05) is 30.3 Å². The number of carboxylic acids is 2. The minimum atomic E-state index is -1.66. The van der Waals surface area contributed by atoms with Crippen LogP contribution in [0.2, 0.25) is 0 Å². The minimum absolute atomic E-state index is 0.0156. The second kappa shape index (κ2) is 5.60. The first kappa shape index (κ1) is 12.6. The molecule has 0 aliphatic rings. The standard InChI is InChI=1S/C12H10O5/c13-10(14)7-9(11(15)12(16)17)6-8-4-2-1-3-5-8/h1-5,7H,6H2,(H,13,14)(H,16,17).